The molecule has 1 unspecified atom stereocenters. The van der Waals surface area contributed by atoms with Crippen molar-refractivity contribution in [1.82, 2.24) is 14.5 Å². The second kappa shape index (κ2) is 5.55. The van der Waals surface area contributed by atoms with Crippen LogP contribution in [-0.2, 0) is 11.4 Å². The van der Waals surface area contributed by atoms with Crippen molar-refractivity contribution in [1.29, 1.82) is 0 Å². The zero-order valence-corrected chi connectivity index (χ0v) is 11.3. The van der Waals surface area contributed by atoms with Crippen LogP contribution in [0.5, 0.6) is 0 Å². The summed E-state index contributed by atoms with van der Waals surface area (Å²) in [7, 11) is 2.09. The number of rotatable bonds is 5. The SMILES string of the molecule is CCC1=NOC(CN(C)Cc2snnc2C)C1. The normalized spacial score (nSPS) is 19.5. The van der Waals surface area contributed by atoms with E-state index in [0.717, 1.165) is 31.6 Å². The van der Waals surface area contributed by atoms with E-state index in [1.165, 1.54) is 22.1 Å². The molecule has 0 fully saturated rings. The largest absolute Gasteiger partial charge is 0.391 e. The summed E-state index contributed by atoms with van der Waals surface area (Å²) in [6, 6.07) is 0. The monoisotopic (exact) mass is 254 g/mol. The van der Waals surface area contributed by atoms with Gasteiger partial charge in [0.25, 0.3) is 0 Å². The minimum atomic E-state index is 0.205. The summed E-state index contributed by atoms with van der Waals surface area (Å²) in [6.07, 6.45) is 2.15. The topological polar surface area (TPSA) is 50.6 Å². The van der Waals surface area contributed by atoms with Crippen molar-refractivity contribution in [3.63, 3.8) is 0 Å². The van der Waals surface area contributed by atoms with Crippen LogP contribution in [0.3, 0.4) is 0 Å². The van der Waals surface area contributed by atoms with Crippen LogP contribution in [0.4, 0.5) is 0 Å². The van der Waals surface area contributed by atoms with Crippen LogP contribution in [0.25, 0.3) is 0 Å². The van der Waals surface area contributed by atoms with Gasteiger partial charge in [-0.15, -0.1) is 5.10 Å². The fraction of sp³-hybridized carbons (Fsp3) is 0.727. The molecule has 6 heteroatoms. The van der Waals surface area contributed by atoms with E-state index in [1.807, 2.05) is 6.92 Å². The van der Waals surface area contributed by atoms with E-state index in [-0.39, 0.29) is 6.10 Å². The highest BCUT2D eigenvalue weighted by Gasteiger charge is 2.21. The molecule has 2 heterocycles. The molecule has 1 aromatic rings. The molecule has 1 aliphatic heterocycles. The van der Waals surface area contributed by atoms with Gasteiger partial charge in [0.15, 0.2) is 0 Å². The summed E-state index contributed by atoms with van der Waals surface area (Å²) in [6.45, 7) is 5.88. The van der Waals surface area contributed by atoms with Gasteiger partial charge in [-0.2, -0.15) is 0 Å². The van der Waals surface area contributed by atoms with Crippen LogP contribution in [0, 0.1) is 6.92 Å². The van der Waals surface area contributed by atoms with Crippen molar-refractivity contribution < 1.29 is 4.84 Å². The molecule has 1 atom stereocenters. The Morgan fingerprint density at radius 1 is 1.53 bits per heavy atom. The lowest BCUT2D eigenvalue weighted by atomic mass is 10.1. The van der Waals surface area contributed by atoms with E-state index in [9.17, 15) is 0 Å². The molecule has 0 radical (unpaired) electrons. The highest BCUT2D eigenvalue weighted by Crippen LogP contribution is 2.16. The Morgan fingerprint density at radius 2 is 2.35 bits per heavy atom. The van der Waals surface area contributed by atoms with Crippen molar-refractivity contribution >= 4 is 17.2 Å². The molecule has 94 valence electrons. The minimum Gasteiger partial charge on any atom is -0.391 e. The first-order valence-electron chi connectivity index (χ1n) is 5.87. The highest BCUT2D eigenvalue weighted by molar-refractivity contribution is 7.05. The van der Waals surface area contributed by atoms with Gasteiger partial charge < -0.3 is 4.84 Å². The summed E-state index contributed by atoms with van der Waals surface area (Å²) in [5, 5.41) is 8.09. The van der Waals surface area contributed by atoms with Crippen molar-refractivity contribution in [2.75, 3.05) is 13.6 Å². The summed E-state index contributed by atoms with van der Waals surface area (Å²) in [4.78, 5) is 8.86. The van der Waals surface area contributed by atoms with Crippen molar-refractivity contribution in [2.45, 2.75) is 39.3 Å². The maximum absolute atomic E-state index is 5.39. The molecule has 0 amide bonds. The third-order valence-electron chi connectivity index (χ3n) is 2.88. The minimum absolute atomic E-state index is 0.205. The van der Waals surface area contributed by atoms with E-state index < -0.39 is 0 Å². The van der Waals surface area contributed by atoms with E-state index in [2.05, 4.69) is 33.6 Å². The number of hydrogen-bond donors (Lipinski definition) is 0. The first-order chi connectivity index (χ1) is 8.19. The molecule has 0 bridgehead atoms. The van der Waals surface area contributed by atoms with Gasteiger partial charge in [-0.05, 0) is 31.9 Å². The predicted octanol–water partition coefficient (Wildman–Crippen LogP) is 1.83. The fourth-order valence-corrected chi connectivity index (χ4v) is 2.56. The molecular formula is C11H18N4OS. The Morgan fingerprint density at radius 3 is 2.94 bits per heavy atom. The van der Waals surface area contributed by atoms with Gasteiger partial charge in [0.2, 0.25) is 0 Å². The molecule has 0 spiro atoms. The summed E-state index contributed by atoms with van der Waals surface area (Å²) >= 11 is 1.47. The molecule has 1 aromatic heterocycles. The Kier molecular flexibility index (Phi) is 4.06. The zero-order valence-electron chi connectivity index (χ0n) is 10.5. The zero-order chi connectivity index (χ0) is 12.3. The lowest BCUT2D eigenvalue weighted by molar-refractivity contribution is 0.0578. The summed E-state index contributed by atoms with van der Waals surface area (Å²) in [5.41, 5.74) is 2.19. The van der Waals surface area contributed by atoms with Crippen LogP contribution in [0.2, 0.25) is 0 Å². The van der Waals surface area contributed by atoms with Gasteiger partial charge in [0, 0.05) is 19.5 Å². The second-order valence-corrected chi connectivity index (χ2v) is 5.26. The van der Waals surface area contributed by atoms with Crippen molar-refractivity contribution in [3.05, 3.63) is 10.6 Å². The second-order valence-electron chi connectivity index (χ2n) is 4.42. The smallest absolute Gasteiger partial charge is 0.145 e. The molecule has 1 aliphatic rings. The molecule has 0 saturated carbocycles. The molecule has 0 N–H and O–H groups in total. The van der Waals surface area contributed by atoms with Crippen LogP contribution in [0.1, 0.15) is 30.3 Å². The van der Waals surface area contributed by atoms with E-state index in [1.54, 1.807) is 0 Å². The van der Waals surface area contributed by atoms with Gasteiger partial charge in [-0.3, -0.25) is 4.90 Å². The third kappa shape index (κ3) is 3.23. The lowest BCUT2D eigenvalue weighted by Gasteiger charge is -2.18. The molecule has 2 rings (SSSR count). The van der Waals surface area contributed by atoms with Crippen LogP contribution in [-0.4, -0.2) is 39.9 Å². The van der Waals surface area contributed by atoms with Gasteiger partial charge in [0.05, 0.1) is 16.3 Å². The first-order valence-corrected chi connectivity index (χ1v) is 6.64. The Balaban J connectivity index is 1.79. The van der Waals surface area contributed by atoms with Crippen LogP contribution < -0.4 is 0 Å². The number of likely N-dealkylation sites (N-methyl/N-ethyl adjacent to an activating group) is 1. The Hall–Kier alpha value is -1.01. The van der Waals surface area contributed by atoms with Crippen LogP contribution in [0.15, 0.2) is 5.16 Å². The number of hydrogen-bond acceptors (Lipinski definition) is 6. The van der Waals surface area contributed by atoms with Gasteiger partial charge in [0.1, 0.15) is 6.10 Å². The molecule has 0 saturated heterocycles. The van der Waals surface area contributed by atoms with Gasteiger partial charge in [-0.1, -0.05) is 16.6 Å². The molecule has 5 nitrogen and oxygen atoms in total. The van der Waals surface area contributed by atoms with E-state index >= 15 is 0 Å². The Bertz CT molecular complexity index is 404. The maximum Gasteiger partial charge on any atom is 0.145 e. The fourth-order valence-electron chi connectivity index (χ4n) is 1.85. The maximum atomic E-state index is 5.39. The average Bonchev–Trinajstić information content (AvgIpc) is 2.89. The number of aryl methyl sites for hydroxylation is 1. The van der Waals surface area contributed by atoms with Gasteiger partial charge >= 0.3 is 0 Å². The summed E-state index contributed by atoms with van der Waals surface area (Å²) in [5.74, 6) is 0. The number of oxime groups is 1. The van der Waals surface area contributed by atoms with Crippen molar-refractivity contribution in [3.8, 4) is 0 Å². The van der Waals surface area contributed by atoms with Crippen LogP contribution >= 0.6 is 11.5 Å². The van der Waals surface area contributed by atoms with Crippen molar-refractivity contribution in [2.24, 2.45) is 5.16 Å². The standard InChI is InChI=1S/C11H18N4OS/c1-4-9-5-10(16-13-9)6-15(3)7-11-8(2)12-14-17-11/h10H,4-7H2,1-3H3. The Labute approximate surface area is 106 Å². The predicted molar refractivity (Wildman–Crippen MR) is 68.2 cm³/mol. The lowest BCUT2D eigenvalue weighted by Crippen LogP contribution is -2.28. The molecule has 0 aliphatic carbocycles. The summed E-state index contributed by atoms with van der Waals surface area (Å²) < 4.78 is 3.94. The highest BCUT2D eigenvalue weighted by atomic mass is 32.1. The molecule has 0 aromatic carbocycles. The van der Waals surface area contributed by atoms with E-state index in [4.69, 9.17) is 4.84 Å². The number of nitrogens with zero attached hydrogens (tertiary/aromatic N) is 4. The molecule has 17 heavy (non-hydrogen) atoms. The number of aromatic nitrogens is 2. The third-order valence-corrected chi connectivity index (χ3v) is 3.68. The quantitative estimate of drug-likeness (QED) is 0.804. The van der Waals surface area contributed by atoms with E-state index in [0.29, 0.717) is 0 Å². The van der Waals surface area contributed by atoms with Gasteiger partial charge in [-0.25, -0.2) is 0 Å². The average molecular weight is 254 g/mol. The molecular weight excluding hydrogens is 236 g/mol. The first kappa shape index (κ1) is 12.4.